The van der Waals surface area contributed by atoms with Crippen molar-refractivity contribution < 1.29 is 9.53 Å². The fourth-order valence-electron chi connectivity index (χ4n) is 3.20. The van der Waals surface area contributed by atoms with Crippen molar-refractivity contribution in [1.82, 2.24) is 9.13 Å². The molecule has 0 unspecified atom stereocenters. The lowest BCUT2D eigenvalue weighted by Crippen LogP contribution is -2.42. The van der Waals surface area contributed by atoms with Crippen LogP contribution in [0.5, 0.6) is 0 Å². The van der Waals surface area contributed by atoms with E-state index in [0.29, 0.717) is 34.6 Å². The number of nitrogens with one attached hydrogen (secondary N) is 1. The zero-order valence-corrected chi connectivity index (χ0v) is 17.0. The van der Waals surface area contributed by atoms with Crippen molar-refractivity contribution in [2.75, 3.05) is 19.0 Å². The Morgan fingerprint density at radius 3 is 2.59 bits per heavy atom. The first kappa shape index (κ1) is 20.8. The fourth-order valence-corrected chi connectivity index (χ4v) is 3.47. The number of hydrogen-bond donors (Lipinski definition) is 1. The molecule has 1 aromatic heterocycles. The summed E-state index contributed by atoms with van der Waals surface area (Å²) in [5, 5.41) is 3.56. The number of carbonyl (C=O) groups is 1. The molecule has 7 nitrogen and oxygen atoms in total. The second-order valence-electron chi connectivity index (χ2n) is 6.67. The van der Waals surface area contributed by atoms with Crippen LogP contribution in [0.4, 0.5) is 5.69 Å². The van der Waals surface area contributed by atoms with Crippen LogP contribution in [0.1, 0.15) is 12.0 Å². The molecule has 29 heavy (non-hydrogen) atoms. The number of nitrogens with zero attached hydrogens (tertiary/aromatic N) is 2. The van der Waals surface area contributed by atoms with Crippen LogP contribution in [-0.2, 0) is 22.6 Å². The molecule has 152 valence electrons. The number of halogens is 1. The maximum Gasteiger partial charge on any atom is 0.331 e. The number of methoxy groups -OCH3 is 1. The van der Waals surface area contributed by atoms with Crippen LogP contribution in [0.2, 0.25) is 5.02 Å². The van der Waals surface area contributed by atoms with E-state index in [9.17, 15) is 14.4 Å². The molecule has 3 rings (SSSR count). The monoisotopic (exact) mass is 415 g/mol. The third-order valence-electron chi connectivity index (χ3n) is 4.65. The average molecular weight is 416 g/mol. The molecule has 0 aliphatic rings. The molecule has 0 saturated carbocycles. The van der Waals surface area contributed by atoms with Crippen molar-refractivity contribution in [3.63, 3.8) is 0 Å². The van der Waals surface area contributed by atoms with E-state index < -0.39 is 11.6 Å². The Balaban J connectivity index is 2.01. The van der Waals surface area contributed by atoms with Crippen molar-refractivity contribution in [1.29, 1.82) is 0 Å². The third-order valence-corrected chi connectivity index (χ3v) is 4.97. The molecule has 3 aromatic rings. The Hall–Kier alpha value is -2.90. The number of para-hydroxylation sites is 2. The van der Waals surface area contributed by atoms with E-state index in [0.717, 1.165) is 10.1 Å². The molecule has 0 radical (unpaired) electrons. The van der Waals surface area contributed by atoms with Crippen LogP contribution >= 0.6 is 11.6 Å². The number of rotatable bonds is 7. The summed E-state index contributed by atoms with van der Waals surface area (Å²) >= 11 is 6.18. The van der Waals surface area contributed by atoms with Crippen molar-refractivity contribution in [2.45, 2.75) is 26.4 Å². The smallest absolute Gasteiger partial charge is 0.331 e. The van der Waals surface area contributed by atoms with Gasteiger partial charge in [-0.2, -0.15) is 0 Å². The predicted molar refractivity (Wildman–Crippen MR) is 114 cm³/mol. The number of amides is 1. The minimum atomic E-state index is -0.532. The average Bonchev–Trinajstić information content (AvgIpc) is 2.71. The second-order valence-corrected chi connectivity index (χ2v) is 7.08. The Morgan fingerprint density at radius 2 is 1.86 bits per heavy atom. The molecule has 0 fully saturated rings. The number of hydrogen-bond acceptors (Lipinski definition) is 4. The van der Waals surface area contributed by atoms with E-state index in [1.54, 1.807) is 43.5 Å². The maximum atomic E-state index is 13.0. The summed E-state index contributed by atoms with van der Waals surface area (Å²) in [6, 6.07) is 12.1. The summed E-state index contributed by atoms with van der Waals surface area (Å²) < 4.78 is 7.47. The summed E-state index contributed by atoms with van der Waals surface area (Å²) in [6.07, 6.45) is 0.509. The van der Waals surface area contributed by atoms with E-state index in [4.69, 9.17) is 16.3 Å². The number of fused-ring (bicyclic) bond motifs is 1. The summed E-state index contributed by atoms with van der Waals surface area (Å²) in [7, 11) is 1.56. The standard InChI is InChI=1S/C21H22ClN3O4/c1-14-7-5-9-16(22)19(14)23-18(26)13-25-17-10-4-3-8-15(17)20(27)24(21(25)28)11-6-12-29-2/h3-5,7-10H,6,11-13H2,1-2H3,(H,23,26). The molecule has 0 spiro atoms. The van der Waals surface area contributed by atoms with Gasteiger partial charge in [-0.1, -0.05) is 35.9 Å². The summed E-state index contributed by atoms with van der Waals surface area (Å²) in [6.45, 7) is 2.22. The Labute approximate surface area is 172 Å². The lowest BCUT2D eigenvalue weighted by Gasteiger charge is -2.15. The van der Waals surface area contributed by atoms with Crippen molar-refractivity contribution >= 4 is 34.1 Å². The van der Waals surface area contributed by atoms with Gasteiger partial charge >= 0.3 is 5.69 Å². The SMILES string of the molecule is COCCCn1c(=O)c2ccccc2n(CC(=O)Nc2c(C)cccc2Cl)c1=O. The lowest BCUT2D eigenvalue weighted by molar-refractivity contribution is -0.116. The van der Waals surface area contributed by atoms with Crippen LogP contribution < -0.4 is 16.6 Å². The molecule has 0 aliphatic carbocycles. The first-order valence-electron chi connectivity index (χ1n) is 9.20. The van der Waals surface area contributed by atoms with Gasteiger partial charge in [0.05, 0.1) is 21.6 Å². The number of aryl methyl sites for hydroxylation is 1. The van der Waals surface area contributed by atoms with Crippen molar-refractivity contribution in [2.24, 2.45) is 0 Å². The van der Waals surface area contributed by atoms with E-state index >= 15 is 0 Å². The normalized spacial score (nSPS) is 11.0. The molecule has 1 amide bonds. The van der Waals surface area contributed by atoms with Crippen LogP contribution in [-0.4, -0.2) is 28.8 Å². The largest absolute Gasteiger partial charge is 0.385 e. The van der Waals surface area contributed by atoms with Gasteiger partial charge in [0, 0.05) is 20.3 Å². The van der Waals surface area contributed by atoms with Crippen molar-refractivity contribution in [3.8, 4) is 0 Å². The third kappa shape index (κ3) is 4.41. The first-order chi connectivity index (χ1) is 13.9. The van der Waals surface area contributed by atoms with Gasteiger partial charge in [-0.3, -0.25) is 18.7 Å². The van der Waals surface area contributed by atoms with Gasteiger partial charge < -0.3 is 10.1 Å². The molecule has 0 aliphatic heterocycles. The second kappa shape index (κ2) is 9.07. The summed E-state index contributed by atoms with van der Waals surface area (Å²) in [5.41, 5.74) is 0.824. The van der Waals surface area contributed by atoms with Crippen LogP contribution in [0.25, 0.3) is 10.9 Å². The Morgan fingerprint density at radius 1 is 1.10 bits per heavy atom. The molecule has 8 heteroatoms. The van der Waals surface area contributed by atoms with E-state index in [1.807, 2.05) is 13.0 Å². The van der Waals surface area contributed by atoms with E-state index in [-0.39, 0.29) is 18.6 Å². The zero-order valence-electron chi connectivity index (χ0n) is 16.3. The highest BCUT2D eigenvalue weighted by Crippen LogP contribution is 2.25. The number of carbonyl (C=O) groups excluding carboxylic acids is 1. The molecule has 0 saturated heterocycles. The Kier molecular flexibility index (Phi) is 6.51. The van der Waals surface area contributed by atoms with Crippen molar-refractivity contribution in [3.05, 3.63) is 73.9 Å². The summed E-state index contributed by atoms with van der Waals surface area (Å²) in [4.78, 5) is 38.5. The molecule has 1 N–H and O–H groups in total. The van der Waals surface area contributed by atoms with Gasteiger partial charge in [0.1, 0.15) is 6.54 Å². The van der Waals surface area contributed by atoms with Crippen LogP contribution in [0.3, 0.4) is 0 Å². The van der Waals surface area contributed by atoms with Gasteiger partial charge in [-0.15, -0.1) is 0 Å². The molecule has 0 bridgehead atoms. The van der Waals surface area contributed by atoms with Gasteiger partial charge in [0.15, 0.2) is 0 Å². The molecule has 1 heterocycles. The fraction of sp³-hybridized carbons (Fsp3) is 0.286. The molecular formula is C21H22ClN3O4. The summed E-state index contributed by atoms with van der Waals surface area (Å²) in [5.74, 6) is -0.407. The Bertz CT molecular complexity index is 1150. The van der Waals surface area contributed by atoms with Crippen LogP contribution in [0, 0.1) is 6.92 Å². The minimum Gasteiger partial charge on any atom is -0.385 e. The highest BCUT2D eigenvalue weighted by molar-refractivity contribution is 6.33. The highest BCUT2D eigenvalue weighted by atomic mass is 35.5. The van der Waals surface area contributed by atoms with Crippen LogP contribution in [0.15, 0.2) is 52.1 Å². The first-order valence-corrected chi connectivity index (χ1v) is 9.58. The predicted octanol–water partition coefficient (Wildman–Crippen LogP) is 2.80. The highest BCUT2D eigenvalue weighted by Gasteiger charge is 2.16. The van der Waals surface area contributed by atoms with E-state index in [1.165, 1.54) is 4.57 Å². The minimum absolute atomic E-state index is 0.210. The zero-order chi connectivity index (χ0) is 21.0. The van der Waals surface area contributed by atoms with Gasteiger partial charge in [0.2, 0.25) is 5.91 Å². The van der Waals surface area contributed by atoms with E-state index in [2.05, 4.69) is 5.32 Å². The molecule has 2 aromatic carbocycles. The lowest BCUT2D eigenvalue weighted by atomic mass is 10.2. The molecular weight excluding hydrogens is 394 g/mol. The van der Waals surface area contributed by atoms with Gasteiger partial charge in [-0.25, -0.2) is 4.79 Å². The number of benzene rings is 2. The maximum absolute atomic E-state index is 13.0. The van der Waals surface area contributed by atoms with Gasteiger partial charge in [-0.05, 0) is 37.1 Å². The topological polar surface area (TPSA) is 82.3 Å². The number of ether oxygens (including phenoxy) is 1. The number of anilines is 1. The molecule has 0 atom stereocenters. The van der Waals surface area contributed by atoms with Gasteiger partial charge in [0.25, 0.3) is 5.56 Å². The quantitative estimate of drug-likeness (QED) is 0.601. The number of aromatic nitrogens is 2.